The number of rotatable bonds is 59. The van der Waals surface area contributed by atoms with Gasteiger partial charge in [-0.25, -0.2) is 0 Å². The smallest absolute Gasteiger partial charge is 0.873 e. The molecule has 488 valence electrons. The summed E-state index contributed by atoms with van der Waals surface area (Å²) >= 11 is 0. The molecule has 0 aromatic heterocycles. The van der Waals surface area contributed by atoms with Crippen molar-refractivity contribution in [2.75, 3.05) is 0 Å². The van der Waals surface area contributed by atoms with Crippen LogP contribution in [0, 0.1) is 0 Å². The van der Waals surface area contributed by atoms with Crippen molar-refractivity contribution in [3.8, 4) is 11.5 Å². The van der Waals surface area contributed by atoms with Crippen LogP contribution in [0.4, 0.5) is 11.4 Å². The summed E-state index contributed by atoms with van der Waals surface area (Å²) in [5.41, 5.74) is 6.98. The number of unbranched alkanes of at least 4 members (excludes halogenated alkanes) is 49. The first-order chi connectivity index (χ1) is 41.5. The summed E-state index contributed by atoms with van der Waals surface area (Å²) < 4.78 is 0. The molecule has 0 radical (unpaired) electrons. The molecule has 0 N–H and O–H groups in total. The topological polar surface area (TPSA) is 70.8 Å². The predicted molar refractivity (Wildman–Crippen MR) is 372 cm³/mol. The molecule has 0 saturated heterocycles. The summed E-state index contributed by atoms with van der Waals surface area (Å²) in [6.45, 7) is 8.82. The summed E-state index contributed by atoms with van der Waals surface area (Å²) in [4.78, 5) is 9.93. The quantitative estimate of drug-likeness (QED) is 0.0321. The zero-order valence-electron chi connectivity index (χ0n) is 56.6. The van der Waals surface area contributed by atoms with Crippen LogP contribution in [0.15, 0.2) is 76.7 Å². The van der Waals surface area contributed by atoms with E-state index in [2.05, 4.69) is 69.3 Å². The van der Waals surface area contributed by atoms with Gasteiger partial charge in [-0.05, 0) is 85.9 Å². The van der Waals surface area contributed by atoms with E-state index < -0.39 is 11.5 Å². The van der Waals surface area contributed by atoms with Gasteiger partial charge < -0.3 is 10.2 Å². The second-order valence-electron chi connectivity index (χ2n) is 25.9. The number of aryl methyl sites for hydroxylation is 3. The summed E-state index contributed by atoms with van der Waals surface area (Å²) in [6, 6.07) is 22.4. The third kappa shape index (κ3) is 51.7. The van der Waals surface area contributed by atoms with Gasteiger partial charge in [-0.2, -0.15) is 0 Å². The van der Waals surface area contributed by atoms with Crippen molar-refractivity contribution in [2.45, 2.75) is 387 Å². The van der Waals surface area contributed by atoms with Crippen LogP contribution in [0.25, 0.3) is 0 Å². The van der Waals surface area contributed by atoms with Gasteiger partial charge in [0.25, 0.3) is 0 Å². The second kappa shape index (κ2) is 62.7. The van der Waals surface area contributed by atoms with Gasteiger partial charge >= 0.3 is 16.5 Å². The summed E-state index contributed by atoms with van der Waals surface area (Å²) in [7, 11) is 0. The van der Waals surface area contributed by atoms with E-state index in [1.54, 1.807) is 6.07 Å². The number of hydrogen-bond donors (Lipinski definition) is 0. The monoisotopic (exact) mass is 1210 g/mol. The zero-order valence-corrected chi connectivity index (χ0v) is 57.5. The van der Waals surface area contributed by atoms with E-state index in [9.17, 15) is 10.2 Å². The molecule has 3 rings (SSSR count). The Hall–Kier alpha value is -2.91. The largest absolute Gasteiger partial charge is 2.00 e. The molecule has 0 spiro atoms. The van der Waals surface area contributed by atoms with Gasteiger partial charge in [-0.1, -0.05) is 385 Å². The molecule has 0 bridgehead atoms. The fourth-order valence-corrected chi connectivity index (χ4v) is 12.0. The van der Waals surface area contributed by atoms with Crippen molar-refractivity contribution in [3.63, 3.8) is 0 Å². The molecule has 0 aliphatic heterocycles. The van der Waals surface area contributed by atoms with Gasteiger partial charge in [-0.3, -0.25) is 9.98 Å². The molecule has 5 heteroatoms. The Bertz CT molecular complexity index is 1890. The van der Waals surface area contributed by atoms with Crippen LogP contribution in [0.3, 0.4) is 0 Å². The molecule has 0 amide bonds. The SMILES string of the molecule is CCCCCCCCCCCCCCCCCCCCCCCCCCCc1ccc(N=CC(CCCC)=Nc2ccc(CCCCCCCCCCCCCCCCCCCCCCCCCCC)cc2)cc1.CCc1ccc([O-])c([O-])c1.[Ni+2]. The van der Waals surface area contributed by atoms with Crippen molar-refractivity contribution in [3.05, 3.63) is 83.4 Å². The third-order valence-corrected chi connectivity index (χ3v) is 17.8. The second-order valence-corrected chi connectivity index (χ2v) is 25.9. The minimum atomic E-state index is -0.419. The van der Waals surface area contributed by atoms with Crippen LogP contribution >= 0.6 is 0 Å². The molecular formula is C80H136N2NiO2. The maximum atomic E-state index is 10.7. The molecule has 3 aromatic rings. The minimum absolute atomic E-state index is 0. The van der Waals surface area contributed by atoms with Gasteiger partial charge in [-0.15, -0.1) is 11.5 Å². The first-order valence-corrected chi connectivity index (χ1v) is 37.2. The van der Waals surface area contributed by atoms with Crippen molar-refractivity contribution >= 4 is 23.3 Å². The first-order valence-electron chi connectivity index (χ1n) is 37.2. The normalized spacial score (nSPS) is 11.6. The van der Waals surface area contributed by atoms with Crippen molar-refractivity contribution in [1.82, 2.24) is 0 Å². The van der Waals surface area contributed by atoms with Gasteiger partial charge in [0, 0.05) is 6.21 Å². The Morgan fingerprint density at radius 1 is 0.294 bits per heavy atom. The molecule has 0 heterocycles. The molecule has 0 aliphatic carbocycles. The van der Waals surface area contributed by atoms with E-state index >= 15 is 0 Å². The minimum Gasteiger partial charge on any atom is -0.873 e. The van der Waals surface area contributed by atoms with Crippen LogP contribution in [-0.2, 0) is 35.8 Å². The fraction of sp³-hybridized carbons (Fsp3) is 0.750. The first kappa shape index (κ1) is 80.1. The summed E-state index contributed by atoms with van der Waals surface area (Å²) in [5, 5.41) is 21.3. The predicted octanol–water partition coefficient (Wildman–Crippen LogP) is 26.4. The molecule has 0 unspecified atom stereocenters. The van der Waals surface area contributed by atoms with Crippen molar-refractivity contribution < 1.29 is 26.7 Å². The fourth-order valence-electron chi connectivity index (χ4n) is 12.0. The molecule has 4 nitrogen and oxygen atoms in total. The molecule has 0 fully saturated rings. The van der Waals surface area contributed by atoms with Crippen molar-refractivity contribution in [1.29, 1.82) is 0 Å². The van der Waals surface area contributed by atoms with Crippen LogP contribution in [0.2, 0.25) is 0 Å². The molecule has 85 heavy (non-hydrogen) atoms. The molecule has 0 atom stereocenters. The average Bonchev–Trinajstić information content (AvgIpc) is 3.63. The van der Waals surface area contributed by atoms with Crippen LogP contribution < -0.4 is 10.2 Å². The van der Waals surface area contributed by atoms with Crippen LogP contribution in [0.5, 0.6) is 11.5 Å². The Labute approximate surface area is 539 Å². The van der Waals surface area contributed by atoms with Crippen molar-refractivity contribution in [2.24, 2.45) is 9.98 Å². The Balaban J connectivity index is 0.00000295. The maximum Gasteiger partial charge on any atom is 2.00 e. The Morgan fingerprint density at radius 3 is 0.824 bits per heavy atom. The maximum absolute atomic E-state index is 10.7. The van der Waals surface area contributed by atoms with E-state index in [1.807, 2.05) is 13.1 Å². The standard InChI is InChI=1S/C72H128N2.C8H10O2.Ni/c1-4-7-10-12-14-16-18-20-22-24-26-28-30-32-34-36-38-40-42-44-46-48-50-52-54-56-68-59-63-70(64-60-68)73-67-72(58-9-6-3)74-71-65-61-69(62-66-71)57-55-53-51-49-47-45-43-41-39-37-35-33-31-29-27-25-23-21-19-17-15-13-11-8-5-2;1-2-6-3-4-7(9)8(10)5-6;/h59-67H,4-58H2,1-3H3;3-5,9-10H,2H2,1H3;/q;;+2/p-2. The van der Waals surface area contributed by atoms with E-state index in [1.165, 1.54) is 364 Å². The van der Waals surface area contributed by atoms with E-state index in [-0.39, 0.29) is 16.5 Å². The number of hydrogen-bond acceptors (Lipinski definition) is 4. The van der Waals surface area contributed by atoms with Gasteiger partial charge in [0.15, 0.2) is 0 Å². The van der Waals surface area contributed by atoms with E-state index in [4.69, 9.17) is 9.98 Å². The summed E-state index contributed by atoms with van der Waals surface area (Å²) in [6.07, 6.45) is 80.8. The number of benzene rings is 3. The third-order valence-electron chi connectivity index (χ3n) is 17.8. The van der Waals surface area contributed by atoms with Gasteiger partial charge in [0.2, 0.25) is 0 Å². The van der Waals surface area contributed by atoms with E-state index in [0.717, 1.165) is 41.9 Å². The van der Waals surface area contributed by atoms with Crippen LogP contribution in [-0.4, -0.2) is 11.9 Å². The van der Waals surface area contributed by atoms with Crippen LogP contribution in [0.1, 0.15) is 385 Å². The Morgan fingerprint density at radius 2 is 0.553 bits per heavy atom. The van der Waals surface area contributed by atoms with Gasteiger partial charge in [0.05, 0.1) is 17.1 Å². The van der Waals surface area contributed by atoms with Gasteiger partial charge in [0.1, 0.15) is 0 Å². The summed E-state index contributed by atoms with van der Waals surface area (Å²) in [5.74, 6) is -0.823. The molecule has 0 aliphatic rings. The van der Waals surface area contributed by atoms with E-state index in [0.29, 0.717) is 0 Å². The molecular weight excluding hydrogens is 1080 g/mol. The number of nitrogens with zero attached hydrogens (tertiary/aromatic N) is 2. The molecule has 0 saturated carbocycles. The Kier molecular flexibility index (Phi) is 59.1. The number of aliphatic imine (C=N–C) groups is 2. The average molecular weight is 1220 g/mol. The molecule has 3 aromatic carbocycles. The zero-order chi connectivity index (χ0) is 60.1.